The first-order chi connectivity index (χ1) is 13.0. The predicted octanol–water partition coefficient (Wildman–Crippen LogP) is 4.70. The summed E-state index contributed by atoms with van der Waals surface area (Å²) in [6.45, 7) is 4.64. The third kappa shape index (κ3) is 2.71. The smallest absolute Gasteiger partial charge is 0.321 e. The molecular weight excluding hydrogens is 336 g/mol. The van der Waals surface area contributed by atoms with Crippen LogP contribution in [0.15, 0.2) is 11.6 Å². The molecule has 0 N–H and O–H groups in total. The molecule has 0 radical (unpaired) electrons. The topological polar surface area (TPSA) is 43.4 Å². The van der Waals surface area contributed by atoms with Crippen LogP contribution in [0.3, 0.4) is 0 Å². The number of hydrogen-bond donors (Lipinski definition) is 0. The average molecular weight is 369 g/mol. The Morgan fingerprint density at radius 3 is 2.81 bits per heavy atom. The van der Waals surface area contributed by atoms with Gasteiger partial charge in [-0.25, -0.2) is 0 Å². The van der Waals surface area contributed by atoms with Crippen molar-refractivity contribution in [2.75, 3.05) is 6.61 Å². The van der Waals surface area contributed by atoms with Crippen molar-refractivity contribution in [1.29, 1.82) is 0 Å². The van der Waals surface area contributed by atoms with Crippen LogP contribution in [0.1, 0.15) is 71.6 Å². The van der Waals surface area contributed by atoms with Crippen molar-refractivity contribution in [3.63, 3.8) is 0 Å². The van der Waals surface area contributed by atoms with E-state index in [2.05, 4.69) is 12.8 Å². The Bertz CT molecular complexity index is 714. The van der Waals surface area contributed by atoms with Crippen molar-refractivity contribution in [2.45, 2.75) is 71.6 Å². The van der Waals surface area contributed by atoms with E-state index in [1.807, 2.05) is 13.0 Å². The molecule has 0 aromatic rings. The SMILES string of the molecule is C#CC(C(=O)OCC)[C@@]12CCC[C@H]1[C@@H]1CCC3=CC(=O)CC[C@]3(C)[C@H]1CC2. The number of allylic oxidation sites excluding steroid dienone is 1. The maximum atomic E-state index is 12.7. The molecule has 6 atom stereocenters. The summed E-state index contributed by atoms with van der Waals surface area (Å²) in [6, 6.07) is 0. The molecule has 0 aliphatic heterocycles. The van der Waals surface area contributed by atoms with Crippen LogP contribution in [0.2, 0.25) is 0 Å². The quantitative estimate of drug-likeness (QED) is 0.536. The van der Waals surface area contributed by atoms with E-state index in [1.165, 1.54) is 18.4 Å². The average Bonchev–Trinajstić information content (AvgIpc) is 3.08. The summed E-state index contributed by atoms with van der Waals surface area (Å²) < 4.78 is 5.38. The molecule has 0 spiro atoms. The van der Waals surface area contributed by atoms with E-state index in [-0.39, 0.29) is 16.8 Å². The van der Waals surface area contributed by atoms with E-state index >= 15 is 0 Å². The Labute approximate surface area is 163 Å². The lowest BCUT2D eigenvalue weighted by atomic mass is 9.45. The van der Waals surface area contributed by atoms with Gasteiger partial charge in [-0.05, 0) is 86.5 Å². The monoisotopic (exact) mass is 368 g/mol. The highest BCUT2D eigenvalue weighted by Gasteiger charge is 2.61. The number of carbonyl (C=O) groups is 2. The molecule has 146 valence electrons. The summed E-state index contributed by atoms with van der Waals surface area (Å²) >= 11 is 0. The first-order valence-corrected chi connectivity index (χ1v) is 10.8. The zero-order valence-corrected chi connectivity index (χ0v) is 16.8. The lowest BCUT2D eigenvalue weighted by molar-refractivity contribution is -0.155. The maximum absolute atomic E-state index is 12.7. The van der Waals surface area contributed by atoms with E-state index < -0.39 is 5.92 Å². The summed E-state index contributed by atoms with van der Waals surface area (Å²) in [5.41, 5.74) is 1.50. The van der Waals surface area contributed by atoms with Crippen molar-refractivity contribution >= 4 is 11.8 Å². The Morgan fingerprint density at radius 1 is 1.26 bits per heavy atom. The van der Waals surface area contributed by atoms with Gasteiger partial charge in [0, 0.05) is 6.42 Å². The van der Waals surface area contributed by atoms with Crippen molar-refractivity contribution in [3.8, 4) is 12.3 Å². The van der Waals surface area contributed by atoms with Crippen molar-refractivity contribution in [1.82, 2.24) is 0 Å². The second-order valence-corrected chi connectivity index (χ2v) is 9.48. The molecule has 4 rings (SSSR count). The summed E-state index contributed by atoms with van der Waals surface area (Å²) in [5, 5.41) is 0. The molecule has 3 heteroatoms. The van der Waals surface area contributed by atoms with Gasteiger partial charge in [-0.2, -0.15) is 0 Å². The first kappa shape index (κ1) is 18.8. The molecule has 3 fully saturated rings. The molecule has 0 bridgehead atoms. The van der Waals surface area contributed by atoms with Crippen molar-refractivity contribution < 1.29 is 14.3 Å². The molecule has 4 aliphatic rings. The van der Waals surface area contributed by atoms with Crippen LogP contribution in [-0.2, 0) is 14.3 Å². The normalized spacial score (nSPS) is 41.4. The molecule has 0 heterocycles. The number of rotatable bonds is 3. The van der Waals surface area contributed by atoms with Crippen molar-refractivity contribution in [3.05, 3.63) is 11.6 Å². The van der Waals surface area contributed by atoms with Crippen LogP contribution in [0, 0.1) is 46.8 Å². The van der Waals surface area contributed by atoms with E-state index in [1.54, 1.807) is 0 Å². The fourth-order valence-corrected chi connectivity index (χ4v) is 7.46. The molecule has 3 saturated carbocycles. The van der Waals surface area contributed by atoms with Gasteiger partial charge in [-0.15, -0.1) is 6.42 Å². The second-order valence-electron chi connectivity index (χ2n) is 9.48. The number of carbonyl (C=O) groups excluding carboxylic acids is 2. The zero-order valence-electron chi connectivity index (χ0n) is 16.8. The van der Waals surface area contributed by atoms with Gasteiger partial charge in [-0.1, -0.05) is 24.8 Å². The Kier molecular flexibility index (Phi) is 4.73. The lowest BCUT2D eigenvalue weighted by Crippen LogP contribution is -2.53. The number of fused-ring (bicyclic) bond motifs is 5. The molecule has 27 heavy (non-hydrogen) atoms. The standard InChI is InChI=1S/C24H32O3/c1-4-19(22(26)27-5-2)24-12-6-7-21(24)18-9-8-16-15-17(25)10-13-23(16,3)20(18)11-14-24/h1,15,18-21H,5-14H2,2-3H3/t18-,19?,20+,21+,23+,24+/m1/s1. The Balaban J connectivity index is 1.66. The van der Waals surface area contributed by atoms with E-state index in [9.17, 15) is 9.59 Å². The number of ketones is 1. The summed E-state index contributed by atoms with van der Waals surface area (Å²) in [6.07, 6.45) is 17.3. The van der Waals surface area contributed by atoms with E-state index in [0.717, 1.165) is 38.5 Å². The highest BCUT2D eigenvalue weighted by molar-refractivity contribution is 5.91. The number of hydrogen-bond acceptors (Lipinski definition) is 3. The Hall–Kier alpha value is -1.56. The molecule has 1 unspecified atom stereocenters. The molecule has 3 nitrogen and oxygen atoms in total. The molecule has 0 aromatic carbocycles. The predicted molar refractivity (Wildman–Crippen MR) is 105 cm³/mol. The van der Waals surface area contributed by atoms with Crippen LogP contribution in [0.4, 0.5) is 0 Å². The number of ether oxygens (including phenoxy) is 1. The van der Waals surface area contributed by atoms with Gasteiger partial charge in [0.2, 0.25) is 0 Å². The second kappa shape index (κ2) is 6.80. The minimum atomic E-state index is -0.399. The van der Waals surface area contributed by atoms with E-state index in [4.69, 9.17) is 11.2 Å². The van der Waals surface area contributed by atoms with Gasteiger partial charge < -0.3 is 4.74 Å². The van der Waals surface area contributed by atoms with Crippen LogP contribution in [-0.4, -0.2) is 18.4 Å². The van der Waals surface area contributed by atoms with Gasteiger partial charge in [0.1, 0.15) is 5.92 Å². The number of esters is 1. The minimum Gasteiger partial charge on any atom is -0.465 e. The van der Waals surface area contributed by atoms with Gasteiger partial charge in [0.05, 0.1) is 6.61 Å². The third-order valence-electron chi connectivity index (χ3n) is 8.64. The molecule has 0 amide bonds. The summed E-state index contributed by atoms with van der Waals surface area (Å²) in [5.74, 6) is 4.36. The summed E-state index contributed by atoms with van der Waals surface area (Å²) in [7, 11) is 0. The van der Waals surface area contributed by atoms with Crippen LogP contribution < -0.4 is 0 Å². The van der Waals surface area contributed by atoms with Crippen LogP contribution >= 0.6 is 0 Å². The fraction of sp³-hybridized carbons (Fsp3) is 0.750. The van der Waals surface area contributed by atoms with Crippen LogP contribution in [0.25, 0.3) is 0 Å². The van der Waals surface area contributed by atoms with Crippen LogP contribution in [0.5, 0.6) is 0 Å². The molecule has 0 saturated heterocycles. The Morgan fingerprint density at radius 2 is 2.07 bits per heavy atom. The van der Waals surface area contributed by atoms with Gasteiger partial charge in [0.25, 0.3) is 0 Å². The van der Waals surface area contributed by atoms with Gasteiger partial charge in [-0.3, -0.25) is 9.59 Å². The highest BCUT2D eigenvalue weighted by Crippen LogP contribution is 2.67. The molecular formula is C24H32O3. The van der Waals surface area contributed by atoms with Gasteiger partial charge >= 0.3 is 5.97 Å². The van der Waals surface area contributed by atoms with E-state index in [0.29, 0.717) is 36.6 Å². The highest BCUT2D eigenvalue weighted by atomic mass is 16.5. The first-order valence-electron chi connectivity index (χ1n) is 10.8. The van der Waals surface area contributed by atoms with Gasteiger partial charge in [0.15, 0.2) is 5.78 Å². The van der Waals surface area contributed by atoms with Crippen molar-refractivity contribution in [2.24, 2.45) is 34.5 Å². The third-order valence-corrected chi connectivity index (χ3v) is 8.64. The largest absolute Gasteiger partial charge is 0.465 e. The zero-order chi connectivity index (χ0) is 19.2. The number of terminal acetylenes is 1. The maximum Gasteiger partial charge on any atom is 0.321 e. The summed E-state index contributed by atoms with van der Waals surface area (Å²) in [4.78, 5) is 24.7. The fourth-order valence-electron chi connectivity index (χ4n) is 7.46. The minimum absolute atomic E-state index is 0.0652. The molecule has 4 aliphatic carbocycles. The molecule has 0 aromatic heterocycles. The lowest BCUT2D eigenvalue weighted by Gasteiger charge is -2.58.